The van der Waals surface area contributed by atoms with E-state index in [1.54, 1.807) is 0 Å². The van der Waals surface area contributed by atoms with Crippen molar-refractivity contribution < 1.29 is 14.6 Å². The van der Waals surface area contributed by atoms with Crippen molar-refractivity contribution in [3.8, 4) is 0 Å². The summed E-state index contributed by atoms with van der Waals surface area (Å²) in [6.45, 7) is 0. The molecule has 1 saturated heterocycles. The van der Waals surface area contributed by atoms with Gasteiger partial charge in [0, 0.05) is 6.42 Å². The van der Waals surface area contributed by atoms with E-state index >= 15 is 0 Å². The number of cyclic esters (lactones) is 1. The molecule has 1 aliphatic heterocycles. The first-order chi connectivity index (χ1) is 6.75. The first-order valence-corrected chi connectivity index (χ1v) is 5.63. The number of esters is 1. The molecule has 14 heavy (non-hydrogen) atoms. The van der Waals surface area contributed by atoms with Crippen LogP contribution in [0.4, 0.5) is 0 Å². The highest BCUT2D eigenvalue weighted by molar-refractivity contribution is 5.71. The van der Waals surface area contributed by atoms with E-state index < -0.39 is 6.10 Å². The lowest BCUT2D eigenvalue weighted by Crippen LogP contribution is -2.38. The maximum Gasteiger partial charge on any atom is 0.308 e. The van der Waals surface area contributed by atoms with Gasteiger partial charge in [-0.1, -0.05) is 19.3 Å². The molecular formula is C11H18O3. The van der Waals surface area contributed by atoms with Crippen LogP contribution in [0.5, 0.6) is 0 Å². The van der Waals surface area contributed by atoms with Crippen LogP contribution in [-0.4, -0.2) is 23.3 Å². The Bertz CT molecular complexity index is 209. The Labute approximate surface area is 84.4 Å². The molecule has 0 bridgehead atoms. The highest BCUT2D eigenvalue weighted by Crippen LogP contribution is 2.32. The summed E-state index contributed by atoms with van der Waals surface area (Å²) in [5.41, 5.74) is 0. The molecule has 3 heteroatoms. The quantitative estimate of drug-likeness (QED) is 0.651. The van der Waals surface area contributed by atoms with Gasteiger partial charge in [-0.25, -0.2) is 0 Å². The van der Waals surface area contributed by atoms with Gasteiger partial charge in [0.2, 0.25) is 0 Å². The minimum Gasteiger partial charge on any atom is -0.462 e. The zero-order valence-electron chi connectivity index (χ0n) is 8.45. The molecule has 1 saturated carbocycles. The van der Waals surface area contributed by atoms with Crippen molar-refractivity contribution in [2.75, 3.05) is 0 Å². The second kappa shape index (κ2) is 4.30. The lowest BCUT2D eigenvalue weighted by atomic mass is 9.82. The molecule has 80 valence electrons. The van der Waals surface area contributed by atoms with Gasteiger partial charge in [0.05, 0.1) is 12.5 Å². The van der Waals surface area contributed by atoms with Crippen LogP contribution in [0.25, 0.3) is 0 Å². The van der Waals surface area contributed by atoms with E-state index in [0.717, 1.165) is 12.8 Å². The lowest BCUT2D eigenvalue weighted by molar-refractivity contribution is -0.165. The van der Waals surface area contributed by atoms with E-state index in [2.05, 4.69) is 0 Å². The van der Waals surface area contributed by atoms with Gasteiger partial charge < -0.3 is 9.84 Å². The number of rotatable bonds is 1. The fourth-order valence-corrected chi connectivity index (χ4v) is 2.60. The standard InChI is InChI=1S/C11H18O3/c12-9-6-10(14-11(13)7-9)8-4-2-1-3-5-8/h8-10,12H,1-7H2/t9-,10+/m1/s1. The molecule has 2 aliphatic rings. The molecule has 0 spiro atoms. The van der Waals surface area contributed by atoms with Crippen molar-refractivity contribution in [1.82, 2.24) is 0 Å². The summed E-state index contributed by atoms with van der Waals surface area (Å²) in [6.07, 6.45) is 6.47. The Morgan fingerprint density at radius 2 is 1.93 bits per heavy atom. The van der Waals surface area contributed by atoms with Crippen LogP contribution in [0.1, 0.15) is 44.9 Å². The third-order valence-electron chi connectivity index (χ3n) is 3.37. The van der Waals surface area contributed by atoms with Gasteiger partial charge in [-0.3, -0.25) is 4.79 Å². The minimum atomic E-state index is -0.469. The highest BCUT2D eigenvalue weighted by Gasteiger charge is 2.33. The predicted molar refractivity (Wildman–Crippen MR) is 51.7 cm³/mol. The molecule has 0 aromatic rings. The molecule has 2 fully saturated rings. The zero-order chi connectivity index (χ0) is 9.97. The largest absolute Gasteiger partial charge is 0.462 e. The summed E-state index contributed by atoms with van der Waals surface area (Å²) < 4.78 is 5.30. The van der Waals surface area contributed by atoms with E-state index in [4.69, 9.17) is 4.74 Å². The molecule has 1 N–H and O–H groups in total. The average molecular weight is 198 g/mol. The Hall–Kier alpha value is -0.570. The molecule has 0 radical (unpaired) electrons. The number of hydrogen-bond donors (Lipinski definition) is 1. The number of aliphatic hydroxyl groups excluding tert-OH is 1. The summed E-state index contributed by atoms with van der Waals surface area (Å²) in [4.78, 5) is 11.1. The van der Waals surface area contributed by atoms with Crippen molar-refractivity contribution in [3.05, 3.63) is 0 Å². The normalized spacial score (nSPS) is 35.4. The van der Waals surface area contributed by atoms with Crippen LogP contribution >= 0.6 is 0 Å². The fourth-order valence-electron chi connectivity index (χ4n) is 2.60. The molecule has 0 unspecified atom stereocenters. The molecule has 0 aromatic heterocycles. The van der Waals surface area contributed by atoms with Crippen molar-refractivity contribution in [2.45, 2.75) is 57.2 Å². The molecule has 1 heterocycles. The van der Waals surface area contributed by atoms with Crippen molar-refractivity contribution in [2.24, 2.45) is 5.92 Å². The third-order valence-corrected chi connectivity index (χ3v) is 3.37. The van der Waals surface area contributed by atoms with Gasteiger partial charge >= 0.3 is 5.97 Å². The summed E-state index contributed by atoms with van der Waals surface area (Å²) in [5, 5.41) is 9.48. The maximum absolute atomic E-state index is 11.1. The number of aliphatic hydroxyl groups is 1. The predicted octanol–water partition coefficient (Wildman–Crippen LogP) is 1.63. The van der Waals surface area contributed by atoms with Gasteiger partial charge in [0.15, 0.2) is 0 Å². The maximum atomic E-state index is 11.1. The van der Waals surface area contributed by atoms with Crippen molar-refractivity contribution in [3.63, 3.8) is 0 Å². The van der Waals surface area contributed by atoms with Gasteiger partial charge in [0.25, 0.3) is 0 Å². The van der Waals surface area contributed by atoms with Crippen molar-refractivity contribution >= 4 is 5.97 Å². The van der Waals surface area contributed by atoms with Gasteiger partial charge in [-0.15, -0.1) is 0 Å². The summed E-state index contributed by atoms with van der Waals surface area (Å²) >= 11 is 0. The monoisotopic (exact) mass is 198 g/mol. The average Bonchev–Trinajstić information content (AvgIpc) is 2.18. The molecule has 2 atom stereocenters. The molecule has 0 aromatic carbocycles. The Morgan fingerprint density at radius 3 is 2.57 bits per heavy atom. The van der Waals surface area contributed by atoms with E-state index in [9.17, 15) is 9.90 Å². The van der Waals surface area contributed by atoms with Gasteiger partial charge in [-0.05, 0) is 18.8 Å². The van der Waals surface area contributed by atoms with E-state index in [1.807, 2.05) is 0 Å². The van der Waals surface area contributed by atoms with Crippen LogP contribution in [0.2, 0.25) is 0 Å². The van der Waals surface area contributed by atoms with Crippen LogP contribution in [-0.2, 0) is 9.53 Å². The second-order valence-electron chi connectivity index (χ2n) is 4.52. The smallest absolute Gasteiger partial charge is 0.308 e. The fraction of sp³-hybridized carbons (Fsp3) is 0.909. The molecule has 2 rings (SSSR count). The van der Waals surface area contributed by atoms with E-state index in [1.165, 1.54) is 19.3 Å². The second-order valence-corrected chi connectivity index (χ2v) is 4.52. The van der Waals surface area contributed by atoms with Crippen LogP contribution in [0, 0.1) is 5.92 Å². The van der Waals surface area contributed by atoms with Crippen LogP contribution in [0.3, 0.4) is 0 Å². The highest BCUT2D eigenvalue weighted by atomic mass is 16.5. The van der Waals surface area contributed by atoms with E-state index in [-0.39, 0.29) is 18.5 Å². The number of carbonyl (C=O) groups excluding carboxylic acids is 1. The summed E-state index contributed by atoms with van der Waals surface area (Å²) in [7, 11) is 0. The van der Waals surface area contributed by atoms with Crippen LogP contribution in [0.15, 0.2) is 0 Å². The van der Waals surface area contributed by atoms with E-state index in [0.29, 0.717) is 12.3 Å². The van der Waals surface area contributed by atoms with Gasteiger partial charge in [-0.2, -0.15) is 0 Å². The Kier molecular flexibility index (Phi) is 3.06. The lowest BCUT2D eigenvalue weighted by Gasteiger charge is -2.34. The number of hydrogen-bond acceptors (Lipinski definition) is 3. The third kappa shape index (κ3) is 2.27. The topological polar surface area (TPSA) is 46.5 Å². The molecular weight excluding hydrogens is 180 g/mol. The Balaban J connectivity index is 1.91. The Morgan fingerprint density at radius 1 is 1.21 bits per heavy atom. The molecule has 0 amide bonds. The van der Waals surface area contributed by atoms with Gasteiger partial charge in [0.1, 0.15) is 6.10 Å². The SMILES string of the molecule is O=C1C[C@H](O)C[C@@H](C2CCCCC2)O1. The first kappa shape index (κ1) is 9.97. The summed E-state index contributed by atoms with van der Waals surface area (Å²) in [6, 6.07) is 0. The van der Waals surface area contributed by atoms with Crippen molar-refractivity contribution in [1.29, 1.82) is 0 Å². The van der Waals surface area contributed by atoms with Crippen LogP contribution < -0.4 is 0 Å². The number of ether oxygens (including phenoxy) is 1. The number of carbonyl (C=O) groups is 1. The molecule has 3 nitrogen and oxygen atoms in total. The summed E-state index contributed by atoms with van der Waals surface area (Å²) in [5.74, 6) is 0.280. The zero-order valence-corrected chi connectivity index (χ0v) is 8.45. The molecule has 1 aliphatic carbocycles. The minimum absolute atomic E-state index is 0.00782. The first-order valence-electron chi connectivity index (χ1n) is 5.63.